The Morgan fingerprint density at radius 3 is 1.35 bits per heavy atom. The van der Waals surface area contributed by atoms with E-state index in [4.69, 9.17) is 0 Å². The van der Waals surface area contributed by atoms with Crippen LogP contribution >= 0.6 is 0 Å². The van der Waals surface area contributed by atoms with E-state index < -0.39 is 0 Å². The van der Waals surface area contributed by atoms with Crippen LogP contribution in [-0.2, 0) is 0 Å². The molecule has 0 aromatic carbocycles. The summed E-state index contributed by atoms with van der Waals surface area (Å²) in [5.74, 6) is 4.52. The highest BCUT2D eigenvalue weighted by Gasteiger charge is 2.51. The third-order valence-corrected chi connectivity index (χ3v) is 9.41. The molecule has 4 fully saturated rings. The second-order valence-corrected chi connectivity index (χ2v) is 10.8. The normalized spacial score (nSPS) is 35.4. The molecule has 4 saturated heterocycles. The first-order chi connectivity index (χ1) is 12.9. The van der Waals surface area contributed by atoms with Gasteiger partial charge in [-0.25, -0.2) is 0 Å². The van der Waals surface area contributed by atoms with Crippen LogP contribution in [0, 0.1) is 0 Å². The van der Waals surface area contributed by atoms with Crippen molar-refractivity contribution < 1.29 is 0 Å². The molecule has 4 aliphatic heterocycles. The van der Waals surface area contributed by atoms with Gasteiger partial charge in [-0.05, 0) is 0 Å². The Bertz CT molecular complexity index is 346. The van der Waals surface area contributed by atoms with E-state index in [-0.39, 0.29) is 0 Å². The van der Waals surface area contributed by atoms with E-state index in [9.17, 15) is 0 Å². The lowest BCUT2D eigenvalue weighted by Crippen LogP contribution is -2.49. The van der Waals surface area contributed by atoms with Gasteiger partial charge < -0.3 is 0 Å². The van der Waals surface area contributed by atoms with Crippen molar-refractivity contribution in [1.29, 1.82) is 0 Å². The van der Waals surface area contributed by atoms with Gasteiger partial charge in [0.25, 0.3) is 0 Å². The van der Waals surface area contributed by atoms with Crippen LogP contribution in [0.15, 0.2) is 0 Å². The maximum absolute atomic E-state index is 2.36. The maximum Gasteiger partial charge on any atom is 0.142 e. The van der Waals surface area contributed by atoms with E-state index in [1.54, 1.807) is 89.9 Å². The third-order valence-electron chi connectivity index (χ3n) is 9.41. The lowest BCUT2D eigenvalue weighted by Gasteiger charge is -2.51. The van der Waals surface area contributed by atoms with Crippen LogP contribution in [0.5, 0.6) is 0 Å². The SMILES string of the molecule is CCCCCCCC(B1C2CCCC1CCC2)B1C2CCCC1CCC2. The Balaban J connectivity index is 1.49. The Morgan fingerprint density at radius 2 is 0.962 bits per heavy atom. The molecule has 0 unspecified atom stereocenters. The van der Waals surface area contributed by atoms with Gasteiger partial charge in [0.05, 0.1) is 0 Å². The van der Waals surface area contributed by atoms with Gasteiger partial charge >= 0.3 is 0 Å². The average Bonchev–Trinajstić information content (AvgIpc) is 2.64. The standard InChI is InChI=1S/C24H44B2/c1-2-3-4-5-6-19-24(25-20-11-7-12-21(25)14-8-13-20)26-22-15-9-16-23(26)18-10-17-22/h20-24H,2-19H2,1H3. The summed E-state index contributed by atoms with van der Waals surface area (Å²) in [7, 11) is 0. The van der Waals surface area contributed by atoms with E-state index in [2.05, 4.69) is 6.92 Å². The smallest absolute Gasteiger partial charge is 0.0820 e. The Hall–Kier alpha value is 0.130. The predicted molar refractivity (Wildman–Crippen MR) is 119 cm³/mol. The number of hydrogen-bond donors (Lipinski definition) is 0. The fourth-order valence-electron chi connectivity index (χ4n) is 8.48. The lowest BCUT2D eigenvalue weighted by atomic mass is 9.06. The van der Waals surface area contributed by atoms with Gasteiger partial charge in [0.2, 0.25) is 0 Å². The molecule has 4 bridgehead atoms. The number of fused-ring (bicyclic) bond motifs is 4. The molecule has 146 valence electrons. The van der Waals surface area contributed by atoms with Crippen LogP contribution in [0.2, 0.25) is 29.0 Å². The van der Waals surface area contributed by atoms with Gasteiger partial charge in [-0.1, -0.05) is 151 Å². The van der Waals surface area contributed by atoms with Crippen molar-refractivity contribution in [3.63, 3.8) is 0 Å². The summed E-state index contributed by atoms with van der Waals surface area (Å²) in [5.41, 5.74) is 1.13. The summed E-state index contributed by atoms with van der Waals surface area (Å²) in [6.45, 7) is 4.65. The highest BCUT2D eigenvalue weighted by Crippen LogP contribution is 2.58. The fraction of sp³-hybridized carbons (Fsp3) is 1.00. The second-order valence-electron chi connectivity index (χ2n) is 10.8. The molecule has 0 N–H and O–H groups in total. The molecule has 0 nitrogen and oxygen atoms in total. The van der Waals surface area contributed by atoms with E-state index in [0.717, 1.165) is 42.4 Å². The molecule has 4 aliphatic rings. The van der Waals surface area contributed by atoms with Crippen molar-refractivity contribution in [3.8, 4) is 0 Å². The molecule has 26 heavy (non-hydrogen) atoms. The molecular formula is C24H44B2. The summed E-state index contributed by atoms with van der Waals surface area (Å²) in [6.07, 6.45) is 28.0. The predicted octanol–water partition coefficient (Wildman–Crippen LogP) is 8.46. The molecule has 0 spiro atoms. The monoisotopic (exact) mass is 354 g/mol. The molecule has 0 radical (unpaired) electrons. The summed E-state index contributed by atoms with van der Waals surface area (Å²) >= 11 is 0. The molecule has 0 aromatic rings. The van der Waals surface area contributed by atoms with Crippen molar-refractivity contribution in [1.82, 2.24) is 0 Å². The highest BCUT2D eigenvalue weighted by atomic mass is 14.3. The van der Waals surface area contributed by atoms with Crippen molar-refractivity contribution in [2.24, 2.45) is 0 Å². The van der Waals surface area contributed by atoms with Crippen molar-refractivity contribution >= 4 is 13.4 Å². The van der Waals surface area contributed by atoms with Crippen molar-refractivity contribution in [2.75, 3.05) is 0 Å². The van der Waals surface area contributed by atoms with Gasteiger partial charge in [0.15, 0.2) is 0 Å². The summed E-state index contributed by atoms with van der Waals surface area (Å²) < 4.78 is 0. The molecule has 0 aliphatic carbocycles. The molecule has 4 heterocycles. The topological polar surface area (TPSA) is 0 Å². The number of hydrogen-bond acceptors (Lipinski definition) is 0. The van der Waals surface area contributed by atoms with Crippen molar-refractivity contribution in [2.45, 2.75) is 151 Å². The summed E-state index contributed by atoms with van der Waals surface area (Å²) in [4.78, 5) is 0. The highest BCUT2D eigenvalue weighted by molar-refractivity contribution is 6.83. The molecular weight excluding hydrogens is 310 g/mol. The zero-order valence-corrected chi connectivity index (χ0v) is 17.8. The van der Waals surface area contributed by atoms with Crippen molar-refractivity contribution in [3.05, 3.63) is 0 Å². The first-order valence-electron chi connectivity index (χ1n) is 12.9. The quantitative estimate of drug-likeness (QED) is 0.303. The molecule has 2 heteroatoms. The van der Waals surface area contributed by atoms with E-state index >= 15 is 0 Å². The Kier molecular flexibility index (Phi) is 7.15. The first kappa shape index (κ1) is 19.4. The minimum atomic E-state index is 1.13. The van der Waals surface area contributed by atoms with Gasteiger partial charge in [-0.15, -0.1) is 0 Å². The lowest BCUT2D eigenvalue weighted by molar-refractivity contribution is 0.420. The molecule has 0 atom stereocenters. The van der Waals surface area contributed by atoms with Crippen LogP contribution in [0.4, 0.5) is 0 Å². The number of rotatable bonds is 8. The van der Waals surface area contributed by atoms with E-state index in [0.29, 0.717) is 0 Å². The largest absolute Gasteiger partial charge is 0.142 e. The zero-order chi connectivity index (χ0) is 17.8. The summed E-state index contributed by atoms with van der Waals surface area (Å²) in [5, 5.41) is 0. The van der Waals surface area contributed by atoms with Gasteiger partial charge in [-0.3, -0.25) is 0 Å². The van der Waals surface area contributed by atoms with E-state index in [1.165, 1.54) is 25.7 Å². The number of unbranched alkanes of at least 4 members (excludes halogenated alkanes) is 4. The van der Waals surface area contributed by atoms with Crippen LogP contribution in [0.25, 0.3) is 0 Å². The van der Waals surface area contributed by atoms with Crippen LogP contribution in [0.3, 0.4) is 0 Å². The van der Waals surface area contributed by atoms with E-state index in [1.807, 2.05) is 0 Å². The minimum Gasteiger partial charge on any atom is -0.0820 e. The average molecular weight is 354 g/mol. The van der Waals surface area contributed by atoms with Crippen LogP contribution in [-0.4, -0.2) is 13.4 Å². The van der Waals surface area contributed by atoms with Gasteiger partial charge in [0.1, 0.15) is 13.4 Å². The Labute approximate surface area is 165 Å². The fourth-order valence-corrected chi connectivity index (χ4v) is 8.48. The zero-order valence-electron chi connectivity index (χ0n) is 17.8. The van der Waals surface area contributed by atoms with Crippen LogP contribution < -0.4 is 0 Å². The van der Waals surface area contributed by atoms with Gasteiger partial charge in [-0.2, -0.15) is 0 Å². The van der Waals surface area contributed by atoms with Gasteiger partial charge in [0, 0.05) is 0 Å². The first-order valence-corrected chi connectivity index (χ1v) is 12.9. The molecule has 0 amide bonds. The molecule has 4 rings (SSSR count). The Morgan fingerprint density at radius 1 is 0.577 bits per heavy atom. The van der Waals surface area contributed by atoms with Crippen LogP contribution in [0.1, 0.15) is 122 Å². The summed E-state index contributed by atoms with van der Waals surface area (Å²) in [6, 6.07) is 0. The second kappa shape index (κ2) is 9.56. The molecule has 0 aromatic heterocycles. The third kappa shape index (κ3) is 4.25. The maximum atomic E-state index is 2.36. The molecule has 0 saturated carbocycles. The minimum absolute atomic E-state index is 1.13.